The molecule has 0 bridgehead atoms. The van der Waals surface area contributed by atoms with E-state index in [1.165, 1.54) is 0 Å². The predicted octanol–water partition coefficient (Wildman–Crippen LogP) is 1.43. The lowest BCUT2D eigenvalue weighted by atomic mass is 10.2. The van der Waals surface area contributed by atoms with E-state index in [9.17, 15) is 4.79 Å². The first-order valence-electron chi connectivity index (χ1n) is 4.13. The molecule has 0 saturated carbocycles. The van der Waals surface area contributed by atoms with Crippen molar-refractivity contribution in [2.24, 2.45) is 0 Å². The Morgan fingerprint density at radius 2 is 2.43 bits per heavy atom. The van der Waals surface area contributed by atoms with Crippen LogP contribution in [0.5, 0.6) is 0 Å². The standard InChI is InChI=1S/C7H8ClN3OS2/c8-7-11-10-6(14-7)5(12)9-4-1-2-13-3-4/h4H,1-3H2,(H,9,12). The van der Waals surface area contributed by atoms with Crippen molar-refractivity contribution in [2.75, 3.05) is 11.5 Å². The smallest absolute Gasteiger partial charge is 0.282 e. The van der Waals surface area contributed by atoms with Gasteiger partial charge in [-0.3, -0.25) is 4.79 Å². The molecule has 0 radical (unpaired) electrons. The van der Waals surface area contributed by atoms with Crippen LogP contribution in [0.2, 0.25) is 4.47 Å². The zero-order chi connectivity index (χ0) is 9.97. The maximum absolute atomic E-state index is 11.5. The number of rotatable bonds is 2. The Kier molecular flexibility index (Phi) is 3.25. The molecule has 1 N–H and O–H groups in total. The minimum absolute atomic E-state index is 0.165. The van der Waals surface area contributed by atoms with Crippen LogP contribution in [0.3, 0.4) is 0 Å². The molecule has 2 rings (SSSR count). The van der Waals surface area contributed by atoms with Gasteiger partial charge in [-0.2, -0.15) is 11.8 Å². The summed E-state index contributed by atoms with van der Waals surface area (Å²) in [6.45, 7) is 0. The van der Waals surface area contributed by atoms with Crippen LogP contribution in [0, 0.1) is 0 Å². The largest absolute Gasteiger partial charge is 0.346 e. The van der Waals surface area contributed by atoms with Crippen LogP contribution in [0.15, 0.2) is 0 Å². The van der Waals surface area contributed by atoms with Gasteiger partial charge in [0.15, 0.2) is 0 Å². The number of nitrogens with one attached hydrogen (secondary N) is 1. The summed E-state index contributed by atoms with van der Waals surface area (Å²) in [5.41, 5.74) is 0. The van der Waals surface area contributed by atoms with Gasteiger partial charge in [0, 0.05) is 11.8 Å². The van der Waals surface area contributed by atoms with Gasteiger partial charge in [0.05, 0.1) is 0 Å². The Morgan fingerprint density at radius 3 is 3.00 bits per heavy atom. The molecule has 76 valence electrons. The van der Waals surface area contributed by atoms with Crippen LogP contribution in [0.25, 0.3) is 0 Å². The molecular weight excluding hydrogens is 242 g/mol. The van der Waals surface area contributed by atoms with Crippen LogP contribution in [0.4, 0.5) is 0 Å². The maximum atomic E-state index is 11.5. The van der Waals surface area contributed by atoms with Crippen molar-refractivity contribution in [2.45, 2.75) is 12.5 Å². The Balaban J connectivity index is 1.95. The highest BCUT2D eigenvalue weighted by Crippen LogP contribution is 2.19. The van der Waals surface area contributed by atoms with E-state index < -0.39 is 0 Å². The highest BCUT2D eigenvalue weighted by Gasteiger charge is 2.20. The van der Waals surface area contributed by atoms with E-state index in [4.69, 9.17) is 11.6 Å². The van der Waals surface area contributed by atoms with Crippen molar-refractivity contribution in [3.8, 4) is 0 Å². The predicted molar refractivity (Wildman–Crippen MR) is 58.1 cm³/mol. The van der Waals surface area contributed by atoms with E-state index in [-0.39, 0.29) is 11.9 Å². The minimum atomic E-state index is -0.165. The molecule has 1 aliphatic heterocycles. The number of aromatic nitrogens is 2. The molecule has 1 saturated heterocycles. The summed E-state index contributed by atoms with van der Waals surface area (Å²) in [4.78, 5) is 11.5. The lowest BCUT2D eigenvalue weighted by Gasteiger charge is -2.08. The third-order valence-corrected chi connectivity index (χ3v) is 4.04. The van der Waals surface area contributed by atoms with E-state index >= 15 is 0 Å². The fraction of sp³-hybridized carbons (Fsp3) is 0.571. The maximum Gasteiger partial charge on any atom is 0.282 e. The summed E-state index contributed by atoms with van der Waals surface area (Å²) >= 11 is 8.54. The van der Waals surface area contributed by atoms with Crippen molar-refractivity contribution in [1.29, 1.82) is 0 Å². The number of halogens is 1. The van der Waals surface area contributed by atoms with E-state index in [2.05, 4.69) is 15.5 Å². The molecule has 1 atom stereocenters. The van der Waals surface area contributed by atoms with Gasteiger partial charge in [-0.25, -0.2) is 0 Å². The van der Waals surface area contributed by atoms with Crippen LogP contribution in [0.1, 0.15) is 16.2 Å². The van der Waals surface area contributed by atoms with Gasteiger partial charge in [-0.05, 0) is 23.8 Å². The Morgan fingerprint density at radius 1 is 1.57 bits per heavy atom. The molecule has 7 heteroatoms. The average molecular weight is 250 g/mol. The topological polar surface area (TPSA) is 54.9 Å². The van der Waals surface area contributed by atoms with Crippen LogP contribution < -0.4 is 5.32 Å². The van der Waals surface area contributed by atoms with Crippen LogP contribution >= 0.6 is 34.7 Å². The number of amides is 1. The van der Waals surface area contributed by atoms with Gasteiger partial charge in [0.1, 0.15) is 0 Å². The molecule has 0 spiro atoms. The fourth-order valence-corrected chi connectivity index (χ4v) is 3.08. The van der Waals surface area contributed by atoms with Gasteiger partial charge in [-0.15, -0.1) is 10.2 Å². The molecule has 2 heterocycles. The van der Waals surface area contributed by atoms with Crippen LogP contribution in [-0.2, 0) is 0 Å². The number of carbonyl (C=O) groups excluding carboxylic acids is 1. The summed E-state index contributed by atoms with van der Waals surface area (Å²) in [5, 5.41) is 10.5. The second kappa shape index (κ2) is 4.46. The molecule has 14 heavy (non-hydrogen) atoms. The summed E-state index contributed by atoms with van der Waals surface area (Å²) in [7, 11) is 0. The molecule has 1 aliphatic rings. The summed E-state index contributed by atoms with van der Waals surface area (Å²) in [5.74, 6) is 1.93. The lowest BCUT2D eigenvalue weighted by molar-refractivity contribution is 0.0940. The number of nitrogens with zero attached hydrogens (tertiary/aromatic N) is 2. The van der Waals surface area contributed by atoms with E-state index in [1.807, 2.05) is 11.8 Å². The molecule has 0 aliphatic carbocycles. The normalized spacial score (nSPS) is 21.1. The first-order chi connectivity index (χ1) is 6.75. The van der Waals surface area contributed by atoms with Crippen LogP contribution in [-0.4, -0.2) is 33.7 Å². The SMILES string of the molecule is O=C(NC1CCSC1)c1nnc(Cl)s1. The van der Waals surface area contributed by atoms with Crippen molar-refractivity contribution in [3.63, 3.8) is 0 Å². The Hall–Kier alpha value is -0.330. The second-order valence-electron chi connectivity index (χ2n) is 2.89. The van der Waals surface area contributed by atoms with Crippen molar-refractivity contribution >= 4 is 40.6 Å². The van der Waals surface area contributed by atoms with Crippen molar-refractivity contribution in [1.82, 2.24) is 15.5 Å². The summed E-state index contributed by atoms with van der Waals surface area (Å²) in [6, 6.07) is 0.273. The monoisotopic (exact) mass is 249 g/mol. The minimum Gasteiger partial charge on any atom is -0.346 e. The average Bonchev–Trinajstić information content (AvgIpc) is 2.75. The molecule has 1 aromatic rings. The fourth-order valence-electron chi connectivity index (χ4n) is 1.19. The van der Waals surface area contributed by atoms with Gasteiger partial charge in [-0.1, -0.05) is 11.3 Å². The number of thioether (sulfide) groups is 1. The second-order valence-corrected chi connectivity index (χ2v) is 5.60. The van der Waals surface area contributed by atoms with E-state index in [0.717, 1.165) is 29.3 Å². The number of hydrogen-bond acceptors (Lipinski definition) is 5. The molecule has 0 aromatic carbocycles. The van der Waals surface area contributed by atoms with E-state index in [0.29, 0.717) is 9.47 Å². The number of hydrogen-bond donors (Lipinski definition) is 1. The zero-order valence-electron chi connectivity index (χ0n) is 7.20. The number of carbonyl (C=O) groups is 1. The Bertz CT molecular complexity index is 337. The van der Waals surface area contributed by atoms with Crippen molar-refractivity contribution < 1.29 is 4.79 Å². The molecule has 1 aromatic heterocycles. The Labute approximate surface area is 94.4 Å². The molecule has 1 amide bonds. The highest BCUT2D eigenvalue weighted by molar-refractivity contribution is 7.99. The van der Waals surface area contributed by atoms with Gasteiger partial charge >= 0.3 is 0 Å². The summed E-state index contributed by atoms with van der Waals surface area (Å²) < 4.78 is 0.302. The van der Waals surface area contributed by atoms with Crippen molar-refractivity contribution in [3.05, 3.63) is 9.47 Å². The van der Waals surface area contributed by atoms with E-state index in [1.54, 1.807) is 0 Å². The summed E-state index contributed by atoms with van der Waals surface area (Å²) in [6.07, 6.45) is 1.03. The third-order valence-electron chi connectivity index (χ3n) is 1.86. The zero-order valence-corrected chi connectivity index (χ0v) is 9.58. The van der Waals surface area contributed by atoms with Gasteiger partial charge in [0.25, 0.3) is 5.91 Å². The van der Waals surface area contributed by atoms with Gasteiger partial charge in [0.2, 0.25) is 9.47 Å². The quantitative estimate of drug-likeness (QED) is 0.862. The lowest BCUT2D eigenvalue weighted by Crippen LogP contribution is -2.34. The highest BCUT2D eigenvalue weighted by atomic mass is 35.5. The molecule has 4 nitrogen and oxygen atoms in total. The molecule has 1 fully saturated rings. The third kappa shape index (κ3) is 2.37. The first kappa shape index (κ1) is 10.2. The van der Waals surface area contributed by atoms with Gasteiger partial charge < -0.3 is 5.32 Å². The molecule has 1 unspecified atom stereocenters. The molecular formula is C7H8ClN3OS2. The first-order valence-corrected chi connectivity index (χ1v) is 6.48.